The van der Waals surface area contributed by atoms with Gasteiger partial charge in [-0.3, -0.25) is 0 Å². The molecule has 1 nitrogen and oxygen atoms in total. The van der Waals surface area contributed by atoms with Gasteiger partial charge in [0, 0.05) is 15.9 Å². The van der Waals surface area contributed by atoms with Gasteiger partial charge in [0.1, 0.15) is 0 Å². The van der Waals surface area contributed by atoms with E-state index in [2.05, 4.69) is 98.7 Å². The molecule has 3 aromatic rings. The quantitative estimate of drug-likeness (QED) is 0.557. The molecule has 0 amide bonds. The Balaban J connectivity index is 2.55. The summed E-state index contributed by atoms with van der Waals surface area (Å²) in [4.78, 5) is 12.9. The fraction of sp³-hybridized carbons (Fsp3) is 0.333. The molecule has 0 aromatic heterocycles. The third kappa shape index (κ3) is 3.67. The normalized spacial score (nSPS) is 11.8. The summed E-state index contributed by atoms with van der Waals surface area (Å²) in [6.07, 6.45) is 0. The summed E-state index contributed by atoms with van der Waals surface area (Å²) in [5.41, 5.74) is 10.8. The second-order valence-electron chi connectivity index (χ2n) is 8.88. The van der Waals surface area contributed by atoms with E-state index in [-0.39, 0.29) is 0 Å². The first-order valence-electron chi connectivity index (χ1n) is 10.3. The Labute approximate surface area is 177 Å². The largest absolute Gasteiger partial charge is 0.366 e. The van der Waals surface area contributed by atoms with Gasteiger partial charge in [-0.15, -0.1) is 0 Å². The van der Waals surface area contributed by atoms with Crippen molar-refractivity contribution in [3.63, 3.8) is 0 Å². The topological polar surface area (TPSA) is 20.2 Å². The van der Waals surface area contributed by atoms with Crippen LogP contribution in [0.15, 0.2) is 36.4 Å². The Morgan fingerprint density at radius 3 is 0.759 bits per heavy atom. The van der Waals surface area contributed by atoms with Gasteiger partial charge < -0.3 is 4.89 Å². The first kappa shape index (κ1) is 21.8. The van der Waals surface area contributed by atoms with Crippen LogP contribution < -0.4 is 15.9 Å². The summed E-state index contributed by atoms with van der Waals surface area (Å²) < 4.78 is 0. The standard InChI is InChI=1S/C27H34OP/c1-16-10-19(4)25(20(5)11-16)29(28,26-21(6)12-17(2)13-22(26)7)27-23(8)14-18(3)15-24(27)9/h10-15,28H,1-9H3. The Kier molecular flexibility index (Phi) is 5.78. The molecular weight excluding hydrogens is 371 g/mol. The molecule has 0 bridgehead atoms. The molecule has 1 radical (unpaired) electrons. The minimum Gasteiger partial charge on any atom is -0.366 e. The van der Waals surface area contributed by atoms with E-state index in [1.807, 2.05) is 0 Å². The van der Waals surface area contributed by atoms with E-state index in [4.69, 9.17) is 0 Å². The summed E-state index contributed by atoms with van der Waals surface area (Å²) in [6.45, 7) is 19.3. The van der Waals surface area contributed by atoms with Gasteiger partial charge in [0.25, 0.3) is 0 Å². The van der Waals surface area contributed by atoms with E-state index < -0.39 is 7.49 Å². The smallest absolute Gasteiger partial charge is 0.0682 e. The van der Waals surface area contributed by atoms with Crippen molar-refractivity contribution in [2.24, 2.45) is 0 Å². The predicted molar refractivity (Wildman–Crippen MR) is 130 cm³/mol. The molecule has 0 saturated heterocycles. The van der Waals surface area contributed by atoms with Gasteiger partial charge >= 0.3 is 0 Å². The lowest BCUT2D eigenvalue weighted by molar-refractivity contribution is 0.632. The highest BCUT2D eigenvalue weighted by atomic mass is 31.2. The minimum absolute atomic E-state index is 1.12. The van der Waals surface area contributed by atoms with E-state index in [9.17, 15) is 4.89 Å². The van der Waals surface area contributed by atoms with Crippen molar-refractivity contribution < 1.29 is 4.89 Å². The third-order valence-corrected chi connectivity index (χ3v) is 9.93. The van der Waals surface area contributed by atoms with Crippen molar-refractivity contribution in [2.45, 2.75) is 62.3 Å². The molecule has 0 fully saturated rings. The van der Waals surface area contributed by atoms with Crippen LogP contribution in [-0.2, 0) is 0 Å². The zero-order chi connectivity index (χ0) is 21.7. The van der Waals surface area contributed by atoms with Crippen LogP contribution in [0, 0.1) is 62.3 Å². The number of hydrogen-bond donors (Lipinski definition) is 1. The van der Waals surface area contributed by atoms with Crippen molar-refractivity contribution in [1.82, 2.24) is 0 Å². The van der Waals surface area contributed by atoms with Crippen LogP contribution >= 0.6 is 7.49 Å². The first-order valence-corrected chi connectivity index (χ1v) is 12.1. The van der Waals surface area contributed by atoms with Crippen molar-refractivity contribution in [1.29, 1.82) is 0 Å². The second kappa shape index (κ2) is 7.71. The Morgan fingerprint density at radius 1 is 0.414 bits per heavy atom. The van der Waals surface area contributed by atoms with Crippen LogP contribution in [0.25, 0.3) is 0 Å². The highest BCUT2D eigenvalue weighted by Crippen LogP contribution is 2.55. The summed E-state index contributed by atoms with van der Waals surface area (Å²) in [6, 6.07) is 13.3. The van der Waals surface area contributed by atoms with Crippen molar-refractivity contribution in [3.8, 4) is 0 Å². The highest BCUT2D eigenvalue weighted by Gasteiger charge is 2.39. The van der Waals surface area contributed by atoms with Crippen LogP contribution in [0.2, 0.25) is 0 Å². The lowest BCUT2D eigenvalue weighted by Crippen LogP contribution is -2.38. The van der Waals surface area contributed by atoms with Crippen molar-refractivity contribution >= 4 is 23.4 Å². The maximum atomic E-state index is 12.9. The fourth-order valence-corrected chi connectivity index (χ4v) is 9.50. The van der Waals surface area contributed by atoms with Crippen LogP contribution in [0.1, 0.15) is 50.1 Å². The number of aryl methyl sites for hydroxylation is 9. The molecule has 3 rings (SSSR count). The predicted octanol–water partition coefficient (Wildman–Crippen LogP) is 5.66. The number of rotatable bonds is 3. The molecule has 1 N–H and O–H groups in total. The van der Waals surface area contributed by atoms with Gasteiger partial charge in [-0.1, -0.05) is 53.1 Å². The van der Waals surface area contributed by atoms with Crippen LogP contribution in [-0.4, -0.2) is 4.89 Å². The Bertz CT molecular complexity index is 899. The highest BCUT2D eigenvalue weighted by molar-refractivity contribution is 7.91. The zero-order valence-corrected chi connectivity index (χ0v) is 20.3. The lowest BCUT2D eigenvalue weighted by atomic mass is 10.1. The van der Waals surface area contributed by atoms with Crippen molar-refractivity contribution in [3.05, 3.63) is 86.5 Å². The van der Waals surface area contributed by atoms with E-state index >= 15 is 0 Å². The van der Waals surface area contributed by atoms with Crippen LogP contribution in [0.4, 0.5) is 0 Å². The van der Waals surface area contributed by atoms with Gasteiger partial charge in [-0.05, 0) is 95.7 Å². The van der Waals surface area contributed by atoms with Gasteiger partial charge in [0.05, 0.1) is 7.49 Å². The maximum absolute atomic E-state index is 12.9. The number of benzene rings is 3. The lowest BCUT2D eigenvalue weighted by Gasteiger charge is -2.39. The van der Waals surface area contributed by atoms with Crippen molar-refractivity contribution in [2.75, 3.05) is 0 Å². The van der Waals surface area contributed by atoms with Gasteiger partial charge in [0.15, 0.2) is 0 Å². The molecular formula is C27H34OP. The summed E-state index contributed by atoms with van der Waals surface area (Å²) in [5.74, 6) is 0. The Morgan fingerprint density at radius 2 is 0.586 bits per heavy atom. The number of hydrogen-bond acceptors (Lipinski definition) is 1. The molecule has 2 heteroatoms. The molecule has 0 unspecified atom stereocenters. The van der Waals surface area contributed by atoms with Gasteiger partial charge in [0.2, 0.25) is 0 Å². The monoisotopic (exact) mass is 405 g/mol. The molecule has 0 heterocycles. The van der Waals surface area contributed by atoms with E-state index in [0.29, 0.717) is 0 Å². The van der Waals surface area contributed by atoms with Crippen LogP contribution in [0.3, 0.4) is 0 Å². The Hall–Kier alpha value is -1.95. The SMILES string of the molecule is Cc1cc(C)c([P](O)(c2c(C)cc(C)cc2C)c2c(C)cc(C)cc2C)c(C)c1. The van der Waals surface area contributed by atoms with E-state index in [0.717, 1.165) is 15.9 Å². The molecule has 0 saturated carbocycles. The average Bonchev–Trinajstić information content (AvgIpc) is 2.51. The maximum Gasteiger partial charge on any atom is 0.0682 e. The van der Waals surface area contributed by atoms with Gasteiger partial charge in [-0.2, -0.15) is 0 Å². The molecule has 0 aliphatic carbocycles. The molecule has 29 heavy (non-hydrogen) atoms. The summed E-state index contributed by atoms with van der Waals surface area (Å²) in [7, 11) is -2.81. The molecule has 3 aromatic carbocycles. The summed E-state index contributed by atoms with van der Waals surface area (Å²) >= 11 is 0. The average molecular weight is 406 g/mol. The minimum atomic E-state index is -2.81. The fourth-order valence-electron chi connectivity index (χ4n) is 5.38. The molecule has 0 atom stereocenters. The molecule has 153 valence electrons. The van der Waals surface area contributed by atoms with Gasteiger partial charge in [-0.25, -0.2) is 0 Å². The summed E-state index contributed by atoms with van der Waals surface area (Å²) in [5, 5.41) is 3.36. The second-order valence-corrected chi connectivity index (χ2v) is 11.5. The molecule has 0 spiro atoms. The molecule has 0 aliphatic rings. The first-order chi connectivity index (χ1) is 13.5. The third-order valence-electron chi connectivity index (χ3n) is 5.88. The van der Waals surface area contributed by atoms with E-state index in [1.165, 1.54) is 50.1 Å². The molecule has 0 aliphatic heterocycles. The van der Waals surface area contributed by atoms with E-state index in [1.54, 1.807) is 0 Å². The van der Waals surface area contributed by atoms with Crippen LogP contribution in [0.5, 0.6) is 0 Å². The zero-order valence-electron chi connectivity index (χ0n) is 19.4.